The first-order valence-electron chi connectivity index (χ1n) is 8.01. The fraction of sp³-hybridized carbons (Fsp3) is 0.200. The number of hydrogen-bond acceptors (Lipinski definition) is 0. The van der Waals surface area contributed by atoms with Crippen LogP contribution < -0.4 is 31.4 Å². The molecule has 0 aromatic heterocycles. The normalized spacial score (nSPS) is 12.5. The fourth-order valence-electron chi connectivity index (χ4n) is 3.70. The summed E-state index contributed by atoms with van der Waals surface area (Å²) in [6.07, 6.45) is 11.7. The molecule has 0 spiro atoms. The van der Waals surface area contributed by atoms with Gasteiger partial charge in [0, 0.05) is 0 Å². The molecular formula is C20H20Cl2SiZr. The largest absolute Gasteiger partial charge is 1.00 e. The van der Waals surface area contributed by atoms with E-state index >= 15 is 0 Å². The first kappa shape index (κ1) is 19.9. The zero-order chi connectivity index (χ0) is 15.1. The smallest absolute Gasteiger partial charge is 1.00 e. The molecule has 0 radical (unpaired) electrons. The molecule has 2 aromatic rings. The third-order valence-corrected chi connectivity index (χ3v) is 21.0. The maximum atomic E-state index is 2.54. The molecule has 0 amide bonds. The molecule has 0 saturated heterocycles. The van der Waals surface area contributed by atoms with Gasteiger partial charge in [-0.25, -0.2) is 0 Å². The van der Waals surface area contributed by atoms with E-state index in [1.54, 1.807) is 28.8 Å². The Balaban J connectivity index is 0.00000104. The van der Waals surface area contributed by atoms with Gasteiger partial charge in [0.25, 0.3) is 0 Å². The van der Waals surface area contributed by atoms with Gasteiger partial charge >= 0.3 is 141 Å². The van der Waals surface area contributed by atoms with Crippen LogP contribution in [0.5, 0.6) is 0 Å². The molecule has 2 aliphatic rings. The van der Waals surface area contributed by atoms with Gasteiger partial charge in [-0.3, -0.25) is 0 Å². The van der Waals surface area contributed by atoms with Gasteiger partial charge < -0.3 is 24.8 Å². The minimum Gasteiger partial charge on any atom is -1.00 e. The Morgan fingerprint density at radius 3 is 1.62 bits per heavy atom. The molecule has 4 heteroatoms. The molecule has 0 heterocycles. The quantitative estimate of drug-likeness (QED) is 0.450. The average molecular weight is 451 g/mol. The first-order valence-corrected chi connectivity index (χ1v) is 16.7. The average Bonchev–Trinajstić information content (AvgIpc) is 3.16. The predicted octanol–water partition coefficient (Wildman–Crippen LogP) is -2.35. The van der Waals surface area contributed by atoms with Crippen LogP contribution in [0.3, 0.4) is 0 Å². The van der Waals surface area contributed by atoms with Crippen molar-refractivity contribution in [1.82, 2.24) is 0 Å². The second-order valence-electron chi connectivity index (χ2n) is 6.34. The van der Waals surface area contributed by atoms with Crippen LogP contribution >= 0.6 is 0 Å². The minimum absolute atomic E-state index is 0. The van der Waals surface area contributed by atoms with Gasteiger partial charge in [0.1, 0.15) is 0 Å². The van der Waals surface area contributed by atoms with Crippen molar-refractivity contribution in [2.24, 2.45) is 0 Å². The van der Waals surface area contributed by atoms with Crippen molar-refractivity contribution in [2.45, 2.75) is 25.9 Å². The number of allylic oxidation sites excluding steroid dienone is 2. The minimum atomic E-state index is -1.82. The molecule has 0 nitrogen and oxygen atoms in total. The SMILES string of the molecule is C[Si](C)=[Zr+2]([c]1cccc2c1C=CC2)[c]1cccc2c1C=CC2.[Cl-].[Cl-]. The Bertz CT molecular complexity index is 796. The summed E-state index contributed by atoms with van der Waals surface area (Å²) >= 11 is -1.82. The van der Waals surface area contributed by atoms with Crippen LogP contribution in [0.15, 0.2) is 48.6 Å². The van der Waals surface area contributed by atoms with Gasteiger partial charge in [0.05, 0.1) is 0 Å². The number of rotatable bonds is 2. The number of halogens is 2. The van der Waals surface area contributed by atoms with E-state index in [0.29, 0.717) is 0 Å². The third-order valence-electron chi connectivity index (χ3n) is 4.68. The Morgan fingerprint density at radius 1 is 0.750 bits per heavy atom. The molecule has 122 valence electrons. The molecule has 0 unspecified atom stereocenters. The number of hydrogen-bond donors (Lipinski definition) is 0. The second kappa shape index (κ2) is 8.32. The van der Waals surface area contributed by atoms with Crippen molar-refractivity contribution in [3.05, 3.63) is 70.8 Å². The summed E-state index contributed by atoms with van der Waals surface area (Å²) in [7, 11) is 0. The van der Waals surface area contributed by atoms with Crippen LogP contribution in [0, 0.1) is 0 Å². The summed E-state index contributed by atoms with van der Waals surface area (Å²) in [5.74, 6) is 0. The maximum Gasteiger partial charge on any atom is -1.00 e. The van der Waals surface area contributed by atoms with E-state index in [1.165, 1.54) is 0 Å². The van der Waals surface area contributed by atoms with Crippen LogP contribution in [0.2, 0.25) is 13.1 Å². The molecule has 4 rings (SSSR count). The van der Waals surface area contributed by atoms with E-state index in [0.717, 1.165) is 12.8 Å². The summed E-state index contributed by atoms with van der Waals surface area (Å²) in [4.78, 5) is 0. The van der Waals surface area contributed by atoms with E-state index < -0.39 is 20.4 Å². The van der Waals surface area contributed by atoms with Crippen molar-refractivity contribution in [3.8, 4) is 0 Å². The second-order valence-corrected chi connectivity index (χ2v) is 23.2. The fourth-order valence-corrected chi connectivity index (χ4v) is 19.8. The van der Waals surface area contributed by atoms with Gasteiger partial charge in [-0.15, -0.1) is 0 Å². The molecule has 24 heavy (non-hydrogen) atoms. The van der Waals surface area contributed by atoms with E-state index in [-0.39, 0.29) is 30.2 Å². The third kappa shape index (κ3) is 3.44. The topological polar surface area (TPSA) is 0 Å². The summed E-state index contributed by atoms with van der Waals surface area (Å²) in [5, 5.41) is 0. The van der Waals surface area contributed by atoms with Crippen molar-refractivity contribution < 1.29 is 45.2 Å². The first-order chi connectivity index (χ1) is 10.8. The molecule has 2 aliphatic carbocycles. The van der Waals surface area contributed by atoms with Crippen LogP contribution in [0.25, 0.3) is 12.2 Å². The van der Waals surface area contributed by atoms with Gasteiger partial charge in [0.2, 0.25) is 0 Å². The molecule has 0 atom stereocenters. The summed E-state index contributed by atoms with van der Waals surface area (Å²) < 4.78 is 3.47. The van der Waals surface area contributed by atoms with Gasteiger partial charge in [0.15, 0.2) is 0 Å². The summed E-state index contributed by atoms with van der Waals surface area (Å²) in [6.45, 7) is 5.07. The van der Waals surface area contributed by atoms with Crippen LogP contribution in [-0.4, -0.2) is 5.43 Å². The zero-order valence-corrected chi connectivity index (χ0v) is 18.9. The molecule has 0 bridgehead atoms. The van der Waals surface area contributed by atoms with Crippen molar-refractivity contribution in [3.63, 3.8) is 0 Å². The Kier molecular flexibility index (Phi) is 6.90. The van der Waals surface area contributed by atoms with E-state index in [1.807, 2.05) is 0 Å². The molecule has 0 N–H and O–H groups in total. The molecule has 2 aromatic carbocycles. The molecule has 0 aliphatic heterocycles. The summed E-state index contributed by atoms with van der Waals surface area (Å²) in [6, 6.07) is 14.1. The van der Waals surface area contributed by atoms with Gasteiger partial charge in [-0.2, -0.15) is 0 Å². The number of benzene rings is 2. The van der Waals surface area contributed by atoms with E-state index in [2.05, 4.69) is 73.8 Å². The van der Waals surface area contributed by atoms with Crippen LogP contribution in [-0.2, 0) is 33.2 Å². The van der Waals surface area contributed by atoms with Crippen molar-refractivity contribution >= 4 is 24.1 Å². The van der Waals surface area contributed by atoms with E-state index in [9.17, 15) is 0 Å². The molecule has 0 saturated carbocycles. The number of fused-ring (bicyclic) bond motifs is 2. The van der Waals surface area contributed by atoms with Gasteiger partial charge in [-0.1, -0.05) is 0 Å². The maximum absolute atomic E-state index is 2.54. The monoisotopic (exact) mass is 448 g/mol. The zero-order valence-electron chi connectivity index (χ0n) is 13.9. The summed E-state index contributed by atoms with van der Waals surface area (Å²) in [5.41, 5.74) is 5.94. The van der Waals surface area contributed by atoms with Gasteiger partial charge in [-0.05, 0) is 0 Å². The standard InChI is InChI=1S/2C9H7.C2H6Si.2ClH.Zr/c2*1-2-5-9-7-3-6-8(9)4-1;1-3-2;;;/h2*1-4,7H,6H2;1-2H3;2*1H;/q;;;;;+2/p-2. The van der Waals surface area contributed by atoms with Crippen LogP contribution in [0.4, 0.5) is 0 Å². The van der Waals surface area contributed by atoms with Crippen LogP contribution in [0.1, 0.15) is 22.3 Å². The Labute approximate surface area is 165 Å². The Hall–Kier alpha value is -0.400. The molecule has 0 fully saturated rings. The van der Waals surface area contributed by atoms with Crippen molar-refractivity contribution in [2.75, 3.05) is 0 Å². The van der Waals surface area contributed by atoms with E-state index in [4.69, 9.17) is 0 Å². The molecular weight excluding hydrogens is 430 g/mol. The predicted molar refractivity (Wildman–Crippen MR) is 95.1 cm³/mol. The van der Waals surface area contributed by atoms with Crippen molar-refractivity contribution in [1.29, 1.82) is 0 Å². The Morgan fingerprint density at radius 2 is 1.21 bits per heavy atom.